The van der Waals surface area contributed by atoms with Gasteiger partial charge in [0.15, 0.2) is 9.84 Å². The summed E-state index contributed by atoms with van der Waals surface area (Å²) in [5.41, 5.74) is -0.205. The molecule has 4 rings (SSSR count). The highest BCUT2D eigenvalue weighted by atomic mass is 32.2. The minimum atomic E-state index is -3.10. The van der Waals surface area contributed by atoms with Crippen LogP contribution in [0, 0.1) is 5.92 Å². The normalized spacial score (nSPS) is 26.0. The lowest BCUT2D eigenvalue weighted by molar-refractivity contribution is -0.131. The Balaban J connectivity index is 1.68. The molecule has 0 aliphatic heterocycles. The van der Waals surface area contributed by atoms with Crippen molar-refractivity contribution < 1.29 is 17.9 Å². The second-order valence-corrected chi connectivity index (χ2v) is 11.5. The van der Waals surface area contributed by atoms with Gasteiger partial charge < -0.3 is 10.1 Å². The number of sulfone groups is 1. The average molecular weight is 412 g/mol. The highest BCUT2D eigenvalue weighted by Gasteiger charge is 2.73. The first-order valence-electron chi connectivity index (χ1n) is 9.62. The van der Waals surface area contributed by atoms with Crippen LogP contribution in [0.25, 0.3) is 0 Å². The van der Waals surface area contributed by atoms with Crippen molar-refractivity contribution in [2.45, 2.75) is 69.7 Å². The number of amides is 1. The quantitative estimate of drug-likeness (QED) is 0.690. The molecule has 0 unspecified atom stereocenters. The number of hydrogen-bond acceptors (Lipinski definition) is 6. The molecule has 1 N–H and O–H groups in total. The molecule has 0 spiro atoms. The smallest absolute Gasteiger partial charge is 0.270 e. The van der Waals surface area contributed by atoms with Crippen LogP contribution in [-0.2, 0) is 21.2 Å². The van der Waals surface area contributed by atoms with Crippen molar-refractivity contribution in [2.75, 3.05) is 12.9 Å². The summed E-state index contributed by atoms with van der Waals surface area (Å²) < 4.78 is 29.8. The van der Waals surface area contributed by atoms with Crippen molar-refractivity contribution in [1.29, 1.82) is 0 Å². The highest BCUT2D eigenvalue weighted by Crippen LogP contribution is 2.64. The van der Waals surface area contributed by atoms with Gasteiger partial charge in [0.05, 0.1) is 11.4 Å². The first-order chi connectivity index (χ1) is 12.9. The van der Waals surface area contributed by atoms with Gasteiger partial charge >= 0.3 is 0 Å². The van der Waals surface area contributed by atoms with Crippen molar-refractivity contribution in [2.24, 2.45) is 5.92 Å². The van der Waals surface area contributed by atoms with E-state index in [2.05, 4.69) is 10.4 Å². The third-order valence-electron chi connectivity index (χ3n) is 5.58. The van der Waals surface area contributed by atoms with Gasteiger partial charge in [-0.1, -0.05) is 27.7 Å². The van der Waals surface area contributed by atoms with E-state index in [-0.39, 0.29) is 18.4 Å². The SMILES string of the molecule is CC(C)COc1cc(=O)n(CC(=O)NC23CC(S(C)(=O)=O)(C2)C3)nc1C(C)C. The Morgan fingerprint density at radius 1 is 1.29 bits per heavy atom. The van der Waals surface area contributed by atoms with E-state index in [4.69, 9.17) is 4.74 Å². The molecule has 1 heterocycles. The molecule has 3 fully saturated rings. The summed E-state index contributed by atoms with van der Waals surface area (Å²) in [6.07, 6.45) is 2.60. The van der Waals surface area contributed by atoms with Gasteiger partial charge in [-0.2, -0.15) is 5.10 Å². The maximum absolute atomic E-state index is 12.4. The maximum Gasteiger partial charge on any atom is 0.270 e. The Morgan fingerprint density at radius 2 is 1.89 bits per heavy atom. The molecule has 28 heavy (non-hydrogen) atoms. The van der Waals surface area contributed by atoms with Crippen LogP contribution >= 0.6 is 0 Å². The Hall–Kier alpha value is -1.90. The molecule has 9 heteroatoms. The summed E-state index contributed by atoms with van der Waals surface area (Å²) in [7, 11) is -3.10. The fourth-order valence-corrected chi connectivity index (χ4v) is 5.68. The van der Waals surface area contributed by atoms with Crippen molar-refractivity contribution in [3.63, 3.8) is 0 Å². The molecule has 0 saturated heterocycles. The molecular formula is C19H29N3O5S. The minimum Gasteiger partial charge on any atom is -0.491 e. The zero-order chi connectivity index (χ0) is 20.9. The van der Waals surface area contributed by atoms with Gasteiger partial charge in [0.1, 0.15) is 18.0 Å². The van der Waals surface area contributed by atoms with Crippen LogP contribution in [0.3, 0.4) is 0 Å². The summed E-state index contributed by atoms with van der Waals surface area (Å²) in [6, 6.07) is 1.39. The minimum absolute atomic E-state index is 0.0318. The second kappa shape index (κ2) is 6.86. The molecule has 0 atom stereocenters. The highest BCUT2D eigenvalue weighted by molar-refractivity contribution is 7.92. The topological polar surface area (TPSA) is 107 Å². The van der Waals surface area contributed by atoms with Crippen LogP contribution in [0.1, 0.15) is 58.6 Å². The van der Waals surface area contributed by atoms with E-state index in [0.717, 1.165) is 4.68 Å². The number of aromatic nitrogens is 2. The van der Waals surface area contributed by atoms with Crippen LogP contribution < -0.4 is 15.6 Å². The Morgan fingerprint density at radius 3 is 2.39 bits per heavy atom. The van der Waals surface area contributed by atoms with Crippen molar-refractivity contribution in [1.82, 2.24) is 15.1 Å². The van der Waals surface area contributed by atoms with Crippen LogP contribution in [0.15, 0.2) is 10.9 Å². The zero-order valence-corrected chi connectivity index (χ0v) is 17.9. The molecule has 156 valence electrons. The standard InChI is InChI=1S/C19H29N3O5S/c1-12(2)8-27-14-6-16(24)22(21-17(14)13(3)4)7-15(23)20-18-9-19(10-18,11-18)28(5,25)26/h6,12-13H,7-11H2,1-5H3,(H,20,23). The van der Waals surface area contributed by atoms with Crippen molar-refractivity contribution in [3.8, 4) is 5.75 Å². The summed E-state index contributed by atoms with van der Waals surface area (Å²) in [5, 5.41) is 7.25. The molecule has 1 aromatic rings. The van der Waals surface area contributed by atoms with Crippen molar-refractivity contribution in [3.05, 3.63) is 22.1 Å². The van der Waals surface area contributed by atoms with Gasteiger partial charge in [-0.3, -0.25) is 9.59 Å². The lowest BCUT2D eigenvalue weighted by Crippen LogP contribution is -2.81. The molecule has 1 aromatic heterocycles. The summed E-state index contributed by atoms with van der Waals surface area (Å²) >= 11 is 0. The summed E-state index contributed by atoms with van der Waals surface area (Å²) in [6.45, 7) is 8.23. The number of nitrogens with one attached hydrogen (secondary N) is 1. The number of carbonyl (C=O) groups is 1. The van der Waals surface area contributed by atoms with Gasteiger partial charge in [-0.05, 0) is 25.2 Å². The molecule has 0 radical (unpaired) electrons. The number of carbonyl (C=O) groups excluding carboxylic acids is 1. The predicted molar refractivity (Wildman–Crippen MR) is 105 cm³/mol. The van der Waals surface area contributed by atoms with E-state index in [1.807, 2.05) is 27.7 Å². The number of rotatable bonds is 8. The predicted octanol–water partition coefficient (Wildman–Crippen LogP) is 1.24. The second-order valence-electron chi connectivity index (χ2n) is 9.06. The van der Waals surface area contributed by atoms with Crippen molar-refractivity contribution >= 4 is 15.7 Å². The molecular weight excluding hydrogens is 382 g/mol. The van der Waals surface area contributed by atoms with Gasteiger partial charge in [-0.25, -0.2) is 13.1 Å². The molecule has 3 aliphatic carbocycles. The first kappa shape index (κ1) is 20.8. The molecule has 0 aromatic carbocycles. The fourth-order valence-electron chi connectivity index (χ4n) is 4.07. The van der Waals surface area contributed by atoms with E-state index in [0.29, 0.717) is 43.2 Å². The molecule has 8 nitrogen and oxygen atoms in total. The van der Waals surface area contributed by atoms with Gasteiger partial charge in [0.2, 0.25) is 5.91 Å². The van der Waals surface area contributed by atoms with Gasteiger partial charge in [0.25, 0.3) is 5.56 Å². The van der Waals surface area contributed by atoms with Crippen LogP contribution in [-0.4, -0.2) is 47.3 Å². The van der Waals surface area contributed by atoms with Crippen LogP contribution in [0.4, 0.5) is 0 Å². The fraction of sp³-hybridized carbons (Fsp3) is 0.737. The van der Waals surface area contributed by atoms with E-state index in [1.165, 1.54) is 12.3 Å². The zero-order valence-electron chi connectivity index (χ0n) is 17.1. The third kappa shape index (κ3) is 3.68. The monoisotopic (exact) mass is 411 g/mol. The van der Waals surface area contributed by atoms with E-state index >= 15 is 0 Å². The first-order valence-corrected chi connectivity index (χ1v) is 11.5. The van der Waals surface area contributed by atoms with E-state index in [1.54, 1.807) is 0 Å². The Labute approximate surface area is 165 Å². The summed E-state index contributed by atoms with van der Waals surface area (Å²) in [4.78, 5) is 24.8. The van der Waals surface area contributed by atoms with Crippen LogP contribution in [0.5, 0.6) is 5.75 Å². The lowest BCUT2D eigenvalue weighted by atomic mass is 9.49. The number of nitrogens with zero attached hydrogens (tertiary/aromatic N) is 2. The lowest BCUT2D eigenvalue weighted by Gasteiger charge is -2.68. The molecule has 3 aliphatic rings. The number of hydrogen-bond donors (Lipinski definition) is 1. The summed E-state index contributed by atoms with van der Waals surface area (Å²) in [5.74, 6) is 0.475. The molecule has 1 amide bonds. The van der Waals surface area contributed by atoms with Gasteiger partial charge in [-0.15, -0.1) is 0 Å². The Kier molecular flexibility index (Phi) is 5.10. The number of ether oxygens (including phenoxy) is 1. The molecule has 3 saturated carbocycles. The Bertz CT molecular complexity index is 929. The average Bonchev–Trinajstić information content (AvgIpc) is 2.47. The van der Waals surface area contributed by atoms with E-state index in [9.17, 15) is 18.0 Å². The third-order valence-corrected chi connectivity index (χ3v) is 7.58. The van der Waals surface area contributed by atoms with Crippen LogP contribution in [0.2, 0.25) is 0 Å². The maximum atomic E-state index is 12.4. The van der Waals surface area contributed by atoms with Gasteiger partial charge in [0, 0.05) is 23.8 Å². The molecule has 2 bridgehead atoms. The largest absolute Gasteiger partial charge is 0.491 e. The van der Waals surface area contributed by atoms with E-state index < -0.39 is 25.7 Å².